The minimum atomic E-state index is -3.06. The predicted octanol–water partition coefficient (Wildman–Crippen LogP) is 0.645. The molecule has 0 aromatic carbocycles. The van der Waals surface area contributed by atoms with E-state index < -0.39 is 21.8 Å². The number of carboxylic acid groups (broad SMARTS) is 1. The van der Waals surface area contributed by atoms with Crippen molar-refractivity contribution in [1.29, 1.82) is 0 Å². The van der Waals surface area contributed by atoms with Crippen LogP contribution in [0.3, 0.4) is 0 Å². The number of sulfone groups is 1. The summed E-state index contributed by atoms with van der Waals surface area (Å²) in [5.74, 6) is -1.06. The van der Waals surface area contributed by atoms with Gasteiger partial charge in [0.05, 0.1) is 18.1 Å². The second kappa shape index (κ2) is 9.22. The van der Waals surface area contributed by atoms with Crippen LogP contribution in [0.2, 0.25) is 0 Å². The van der Waals surface area contributed by atoms with E-state index in [-0.39, 0.29) is 30.0 Å². The van der Waals surface area contributed by atoms with Crippen LogP contribution in [-0.2, 0) is 19.4 Å². The third-order valence-corrected chi connectivity index (χ3v) is 5.85. The lowest BCUT2D eigenvalue weighted by atomic mass is 10.1. The van der Waals surface area contributed by atoms with Gasteiger partial charge in [0, 0.05) is 12.6 Å². The van der Waals surface area contributed by atoms with Gasteiger partial charge < -0.3 is 10.0 Å². The number of carbonyl (C=O) groups excluding carboxylic acids is 1. The summed E-state index contributed by atoms with van der Waals surface area (Å²) < 4.78 is 23.3. The molecule has 0 aromatic rings. The normalized spacial score (nSPS) is 21.0. The summed E-state index contributed by atoms with van der Waals surface area (Å²) in [5.41, 5.74) is 0. The van der Waals surface area contributed by atoms with Crippen molar-refractivity contribution in [3.63, 3.8) is 0 Å². The smallest absolute Gasteiger partial charge is 0.320 e. The summed E-state index contributed by atoms with van der Waals surface area (Å²) in [6.45, 7) is 4.34. The van der Waals surface area contributed by atoms with Crippen molar-refractivity contribution in [1.82, 2.24) is 10.2 Å². The lowest BCUT2D eigenvalue weighted by Gasteiger charge is -2.29. The van der Waals surface area contributed by atoms with E-state index in [1.165, 1.54) is 0 Å². The van der Waals surface area contributed by atoms with Crippen molar-refractivity contribution in [2.45, 2.75) is 58.0 Å². The van der Waals surface area contributed by atoms with Crippen LogP contribution in [0.15, 0.2) is 0 Å². The number of nitrogens with zero attached hydrogens (tertiary/aromatic N) is 1. The number of carboxylic acids is 1. The number of rotatable bonds is 10. The molecule has 0 spiro atoms. The first-order chi connectivity index (χ1) is 10.8. The molecule has 7 nitrogen and oxygen atoms in total. The lowest BCUT2D eigenvalue weighted by molar-refractivity contribution is -0.140. The van der Waals surface area contributed by atoms with Crippen molar-refractivity contribution < 1.29 is 23.1 Å². The largest absolute Gasteiger partial charge is 0.480 e. The summed E-state index contributed by atoms with van der Waals surface area (Å²) in [6, 6.07) is -1.03. The summed E-state index contributed by atoms with van der Waals surface area (Å²) in [6.07, 6.45) is 3.34. The van der Waals surface area contributed by atoms with E-state index in [0.29, 0.717) is 25.8 Å². The average molecular weight is 348 g/mol. The topological polar surface area (TPSA) is 104 Å². The van der Waals surface area contributed by atoms with Gasteiger partial charge in [-0.15, -0.1) is 0 Å². The van der Waals surface area contributed by atoms with Crippen molar-refractivity contribution in [3.8, 4) is 0 Å². The molecule has 1 heterocycles. The minimum absolute atomic E-state index is 0.0137. The fourth-order valence-electron chi connectivity index (χ4n) is 2.77. The van der Waals surface area contributed by atoms with Crippen LogP contribution in [-0.4, -0.2) is 67.0 Å². The van der Waals surface area contributed by atoms with Crippen molar-refractivity contribution in [2.24, 2.45) is 0 Å². The molecule has 1 aliphatic rings. The molecular weight excluding hydrogens is 320 g/mol. The van der Waals surface area contributed by atoms with E-state index in [1.807, 2.05) is 13.8 Å². The van der Waals surface area contributed by atoms with Gasteiger partial charge in [-0.1, -0.05) is 26.7 Å². The Bertz CT molecular complexity index is 506. The van der Waals surface area contributed by atoms with Crippen LogP contribution < -0.4 is 5.32 Å². The van der Waals surface area contributed by atoms with E-state index in [0.717, 1.165) is 12.8 Å². The van der Waals surface area contributed by atoms with Crippen LogP contribution in [0.5, 0.6) is 0 Å². The van der Waals surface area contributed by atoms with Crippen molar-refractivity contribution in [2.75, 3.05) is 24.6 Å². The molecule has 1 rings (SSSR count). The number of aliphatic carboxylic acids is 1. The van der Waals surface area contributed by atoms with Gasteiger partial charge in [0.2, 0.25) is 5.91 Å². The van der Waals surface area contributed by atoms with E-state index in [9.17, 15) is 18.0 Å². The zero-order chi connectivity index (χ0) is 17.5. The molecule has 0 aromatic heterocycles. The molecule has 0 bridgehead atoms. The highest BCUT2D eigenvalue weighted by Crippen LogP contribution is 2.18. The Morgan fingerprint density at radius 2 is 2.00 bits per heavy atom. The Labute approximate surface area is 138 Å². The molecule has 0 saturated carbocycles. The number of nitrogens with one attached hydrogen (secondary N) is 1. The number of unbranched alkanes of at least 4 members (excludes halogenated alkanes) is 1. The Kier molecular flexibility index (Phi) is 7.98. The van der Waals surface area contributed by atoms with Crippen molar-refractivity contribution >= 4 is 21.7 Å². The maximum atomic E-state index is 12.5. The van der Waals surface area contributed by atoms with Gasteiger partial charge in [-0.05, 0) is 19.3 Å². The highest BCUT2D eigenvalue weighted by molar-refractivity contribution is 7.91. The van der Waals surface area contributed by atoms with E-state index >= 15 is 0 Å². The fourth-order valence-corrected chi connectivity index (χ4v) is 4.50. The Balaban J connectivity index is 2.66. The Hall–Kier alpha value is -1.15. The highest BCUT2D eigenvalue weighted by atomic mass is 32.2. The van der Waals surface area contributed by atoms with E-state index in [2.05, 4.69) is 5.32 Å². The first-order valence-electron chi connectivity index (χ1n) is 8.26. The SMILES string of the molecule is CCCCN(C(=O)CNC(CCC)C(=O)O)C1CCS(=O)(=O)C1. The maximum Gasteiger partial charge on any atom is 0.320 e. The minimum Gasteiger partial charge on any atom is -0.480 e. The van der Waals surface area contributed by atoms with Crippen LogP contribution in [0.4, 0.5) is 0 Å². The Morgan fingerprint density at radius 3 is 2.48 bits per heavy atom. The average Bonchev–Trinajstić information content (AvgIpc) is 2.83. The second-order valence-corrected chi connectivity index (χ2v) is 8.29. The van der Waals surface area contributed by atoms with Crippen LogP contribution in [0.25, 0.3) is 0 Å². The third kappa shape index (κ3) is 6.47. The number of amides is 1. The molecular formula is C15H28N2O5S. The lowest BCUT2D eigenvalue weighted by Crippen LogP contribution is -2.48. The van der Waals surface area contributed by atoms with Gasteiger partial charge in [-0.2, -0.15) is 0 Å². The first-order valence-corrected chi connectivity index (χ1v) is 10.1. The Morgan fingerprint density at radius 1 is 1.30 bits per heavy atom. The molecule has 8 heteroatoms. The molecule has 0 aliphatic carbocycles. The van der Waals surface area contributed by atoms with Gasteiger partial charge >= 0.3 is 5.97 Å². The van der Waals surface area contributed by atoms with E-state index in [1.54, 1.807) is 4.90 Å². The quantitative estimate of drug-likeness (QED) is 0.601. The standard InChI is InChI=1S/C15H28N2O5S/c1-3-5-8-17(12-7-9-23(21,22)11-12)14(18)10-16-13(6-4-2)15(19)20/h12-13,16H,3-11H2,1-2H3,(H,19,20). The predicted molar refractivity (Wildman–Crippen MR) is 88.0 cm³/mol. The summed E-state index contributed by atoms with van der Waals surface area (Å²) >= 11 is 0. The zero-order valence-corrected chi connectivity index (χ0v) is 14.8. The molecule has 2 atom stereocenters. The van der Waals surface area contributed by atoms with Crippen LogP contribution >= 0.6 is 0 Å². The van der Waals surface area contributed by atoms with Gasteiger partial charge in [0.15, 0.2) is 9.84 Å². The third-order valence-electron chi connectivity index (χ3n) is 4.10. The zero-order valence-electron chi connectivity index (χ0n) is 14.0. The number of hydrogen-bond donors (Lipinski definition) is 2. The molecule has 0 radical (unpaired) electrons. The fraction of sp³-hybridized carbons (Fsp3) is 0.867. The first kappa shape index (κ1) is 19.9. The van der Waals surface area contributed by atoms with Crippen LogP contribution in [0.1, 0.15) is 46.0 Å². The molecule has 1 saturated heterocycles. The van der Waals surface area contributed by atoms with E-state index in [4.69, 9.17) is 5.11 Å². The highest BCUT2D eigenvalue weighted by Gasteiger charge is 2.34. The van der Waals surface area contributed by atoms with Gasteiger partial charge in [-0.3, -0.25) is 14.9 Å². The molecule has 1 fully saturated rings. The molecule has 1 aliphatic heterocycles. The maximum absolute atomic E-state index is 12.5. The molecule has 134 valence electrons. The monoisotopic (exact) mass is 348 g/mol. The second-order valence-electron chi connectivity index (χ2n) is 6.06. The molecule has 2 unspecified atom stereocenters. The van der Waals surface area contributed by atoms with Gasteiger partial charge in [-0.25, -0.2) is 8.42 Å². The van der Waals surface area contributed by atoms with Crippen LogP contribution in [0, 0.1) is 0 Å². The van der Waals surface area contributed by atoms with Gasteiger partial charge in [0.1, 0.15) is 6.04 Å². The molecule has 2 N–H and O–H groups in total. The molecule has 1 amide bonds. The molecule has 23 heavy (non-hydrogen) atoms. The number of carbonyl (C=O) groups is 2. The van der Waals surface area contributed by atoms with Gasteiger partial charge in [0.25, 0.3) is 0 Å². The number of hydrogen-bond acceptors (Lipinski definition) is 5. The summed E-state index contributed by atoms with van der Waals surface area (Å²) in [7, 11) is -3.06. The summed E-state index contributed by atoms with van der Waals surface area (Å²) in [5, 5.41) is 11.9. The van der Waals surface area contributed by atoms with Crippen molar-refractivity contribution in [3.05, 3.63) is 0 Å². The summed E-state index contributed by atoms with van der Waals surface area (Å²) in [4.78, 5) is 25.2.